The number of benzene rings is 1. The normalized spacial score (nSPS) is 15.0. The highest BCUT2D eigenvalue weighted by atomic mass is 19.1. The molecule has 0 spiro atoms. The lowest BCUT2D eigenvalue weighted by atomic mass is 10.0. The quantitative estimate of drug-likeness (QED) is 0.894. The first kappa shape index (κ1) is 17.0. The molecule has 0 unspecified atom stereocenters. The maximum absolute atomic E-state index is 13.5. The Hall–Kier alpha value is -2.83. The van der Waals surface area contributed by atoms with Crippen molar-refractivity contribution in [1.29, 1.82) is 0 Å². The monoisotopic (exact) mass is 345 g/mol. The summed E-state index contributed by atoms with van der Waals surface area (Å²) in [5.74, 6) is -0.144. The fourth-order valence-electron chi connectivity index (χ4n) is 2.84. The van der Waals surface area contributed by atoms with Crippen LogP contribution in [0, 0.1) is 5.82 Å². The molecule has 2 heterocycles. The molecule has 1 aromatic carbocycles. The number of nitrogens with zero attached hydrogens (tertiary/aromatic N) is 1. The molecule has 1 aliphatic heterocycles. The van der Waals surface area contributed by atoms with E-state index in [0.29, 0.717) is 37.3 Å². The van der Waals surface area contributed by atoms with E-state index in [4.69, 9.17) is 4.42 Å². The van der Waals surface area contributed by atoms with Crippen LogP contribution in [0.1, 0.15) is 29.0 Å². The number of carbonyl (C=O) groups is 2. The van der Waals surface area contributed by atoms with Gasteiger partial charge in [-0.3, -0.25) is 4.79 Å². The fraction of sp³-hybridized carbons (Fsp3) is 0.333. The van der Waals surface area contributed by atoms with E-state index in [1.54, 1.807) is 35.2 Å². The van der Waals surface area contributed by atoms with Crippen LogP contribution in [0.25, 0.3) is 0 Å². The average molecular weight is 345 g/mol. The molecule has 1 fully saturated rings. The predicted molar refractivity (Wildman–Crippen MR) is 89.4 cm³/mol. The van der Waals surface area contributed by atoms with Gasteiger partial charge in [-0.2, -0.15) is 0 Å². The molecular formula is C18H20FN3O3. The maximum atomic E-state index is 13.5. The Morgan fingerprint density at radius 2 is 1.92 bits per heavy atom. The van der Waals surface area contributed by atoms with Crippen molar-refractivity contribution in [2.24, 2.45) is 0 Å². The number of nitrogens with one attached hydrogen (secondary N) is 2. The van der Waals surface area contributed by atoms with Gasteiger partial charge in [-0.1, -0.05) is 18.2 Å². The minimum Gasteiger partial charge on any atom is -0.459 e. The molecule has 1 saturated heterocycles. The third-order valence-corrected chi connectivity index (χ3v) is 4.25. The van der Waals surface area contributed by atoms with Crippen LogP contribution in [-0.4, -0.2) is 36.0 Å². The van der Waals surface area contributed by atoms with E-state index in [9.17, 15) is 14.0 Å². The molecule has 0 aliphatic carbocycles. The average Bonchev–Trinajstić information content (AvgIpc) is 3.16. The Morgan fingerprint density at radius 3 is 2.60 bits per heavy atom. The van der Waals surface area contributed by atoms with Crippen molar-refractivity contribution >= 4 is 11.9 Å². The Kier molecular flexibility index (Phi) is 5.33. The van der Waals surface area contributed by atoms with Crippen molar-refractivity contribution in [3.05, 3.63) is 59.8 Å². The highest BCUT2D eigenvalue weighted by Gasteiger charge is 2.25. The molecular weight excluding hydrogens is 325 g/mol. The summed E-state index contributed by atoms with van der Waals surface area (Å²) in [6.07, 6.45) is 2.81. The van der Waals surface area contributed by atoms with Gasteiger partial charge < -0.3 is 20.0 Å². The second-order valence-electron chi connectivity index (χ2n) is 5.96. The third kappa shape index (κ3) is 4.37. The molecule has 0 bridgehead atoms. The summed E-state index contributed by atoms with van der Waals surface area (Å²) in [6, 6.07) is 9.31. The van der Waals surface area contributed by atoms with Crippen LogP contribution in [-0.2, 0) is 6.54 Å². The van der Waals surface area contributed by atoms with Gasteiger partial charge in [0.05, 0.1) is 6.26 Å². The molecule has 2 N–H and O–H groups in total. The second kappa shape index (κ2) is 7.83. The summed E-state index contributed by atoms with van der Waals surface area (Å²) in [6.45, 7) is 1.24. The van der Waals surface area contributed by atoms with E-state index in [1.807, 2.05) is 0 Å². The van der Waals surface area contributed by atoms with Crippen LogP contribution in [0.3, 0.4) is 0 Å². The highest BCUT2D eigenvalue weighted by molar-refractivity contribution is 5.91. The van der Waals surface area contributed by atoms with Gasteiger partial charge in [-0.05, 0) is 31.0 Å². The van der Waals surface area contributed by atoms with Crippen LogP contribution in [0.5, 0.6) is 0 Å². The van der Waals surface area contributed by atoms with E-state index in [2.05, 4.69) is 10.6 Å². The van der Waals surface area contributed by atoms with Crippen LogP contribution in [0.15, 0.2) is 47.1 Å². The Balaban J connectivity index is 1.42. The van der Waals surface area contributed by atoms with Gasteiger partial charge in [-0.15, -0.1) is 0 Å². The molecule has 7 heteroatoms. The minimum atomic E-state index is -0.340. The predicted octanol–water partition coefficient (Wildman–Crippen LogP) is 2.52. The molecule has 0 radical (unpaired) electrons. The van der Waals surface area contributed by atoms with Gasteiger partial charge in [-0.25, -0.2) is 9.18 Å². The molecule has 3 amide bonds. The zero-order valence-electron chi connectivity index (χ0n) is 13.7. The molecule has 6 nitrogen and oxygen atoms in total. The number of furan rings is 1. The van der Waals surface area contributed by atoms with Crippen molar-refractivity contribution in [3.8, 4) is 0 Å². The van der Waals surface area contributed by atoms with E-state index in [0.717, 1.165) is 0 Å². The molecule has 0 saturated carbocycles. The lowest BCUT2D eigenvalue weighted by molar-refractivity contribution is 0.0676. The third-order valence-electron chi connectivity index (χ3n) is 4.25. The van der Waals surface area contributed by atoms with Crippen molar-refractivity contribution in [1.82, 2.24) is 15.5 Å². The van der Waals surface area contributed by atoms with Gasteiger partial charge in [0.1, 0.15) is 5.82 Å². The second-order valence-corrected chi connectivity index (χ2v) is 5.96. The van der Waals surface area contributed by atoms with Crippen LogP contribution < -0.4 is 10.6 Å². The number of urea groups is 1. The summed E-state index contributed by atoms with van der Waals surface area (Å²) in [7, 11) is 0. The molecule has 25 heavy (non-hydrogen) atoms. The van der Waals surface area contributed by atoms with Gasteiger partial charge >= 0.3 is 6.03 Å². The lowest BCUT2D eigenvalue weighted by Gasteiger charge is -2.31. The van der Waals surface area contributed by atoms with E-state index in [-0.39, 0.29) is 30.3 Å². The van der Waals surface area contributed by atoms with E-state index in [1.165, 1.54) is 12.3 Å². The summed E-state index contributed by atoms with van der Waals surface area (Å²) in [4.78, 5) is 25.9. The summed E-state index contributed by atoms with van der Waals surface area (Å²) in [5.41, 5.74) is 0.441. The number of carbonyl (C=O) groups excluding carboxylic acids is 2. The van der Waals surface area contributed by atoms with Crippen molar-refractivity contribution < 1.29 is 18.4 Å². The summed E-state index contributed by atoms with van der Waals surface area (Å²) >= 11 is 0. The van der Waals surface area contributed by atoms with E-state index < -0.39 is 0 Å². The van der Waals surface area contributed by atoms with E-state index >= 15 is 0 Å². The SMILES string of the molecule is O=C(NCc1ccccc1F)NC1CCN(C(=O)c2ccco2)CC1. The maximum Gasteiger partial charge on any atom is 0.315 e. The molecule has 1 aliphatic rings. The molecule has 132 valence electrons. The summed E-state index contributed by atoms with van der Waals surface area (Å²) < 4.78 is 18.6. The molecule has 2 aromatic rings. The molecule has 3 rings (SSSR count). The van der Waals surface area contributed by atoms with Gasteiger partial charge in [0.2, 0.25) is 0 Å². The van der Waals surface area contributed by atoms with Crippen LogP contribution in [0.2, 0.25) is 0 Å². The highest BCUT2D eigenvalue weighted by Crippen LogP contribution is 2.14. The van der Waals surface area contributed by atoms with Crippen LogP contribution in [0.4, 0.5) is 9.18 Å². The number of halogens is 1. The van der Waals surface area contributed by atoms with Gasteiger partial charge in [0.25, 0.3) is 5.91 Å². The molecule has 0 atom stereocenters. The fourth-order valence-corrected chi connectivity index (χ4v) is 2.84. The largest absolute Gasteiger partial charge is 0.459 e. The van der Waals surface area contributed by atoms with Crippen LogP contribution >= 0.6 is 0 Å². The number of rotatable bonds is 4. The zero-order chi connectivity index (χ0) is 17.6. The number of hydrogen-bond donors (Lipinski definition) is 2. The zero-order valence-corrected chi connectivity index (χ0v) is 13.7. The Bertz CT molecular complexity index is 725. The number of likely N-dealkylation sites (tertiary alicyclic amines) is 1. The Morgan fingerprint density at radius 1 is 1.16 bits per heavy atom. The Labute approximate surface area is 145 Å². The minimum absolute atomic E-state index is 0.0127. The van der Waals surface area contributed by atoms with Crippen molar-refractivity contribution in [2.45, 2.75) is 25.4 Å². The number of amides is 3. The number of piperidine rings is 1. The first-order valence-corrected chi connectivity index (χ1v) is 8.24. The first-order valence-electron chi connectivity index (χ1n) is 8.24. The first-order chi connectivity index (χ1) is 12.1. The smallest absolute Gasteiger partial charge is 0.315 e. The van der Waals surface area contributed by atoms with Gasteiger partial charge in [0.15, 0.2) is 5.76 Å². The summed E-state index contributed by atoms with van der Waals surface area (Å²) in [5, 5.41) is 5.53. The molecule has 1 aromatic heterocycles. The topological polar surface area (TPSA) is 74.6 Å². The van der Waals surface area contributed by atoms with Gasteiger partial charge in [0, 0.05) is 31.2 Å². The van der Waals surface area contributed by atoms with Crippen molar-refractivity contribution in [3.63, 3.8) is 0 Å². The lowest BCUT2D eigenvalue weighted by Crippen LogP contribution is -2.49. The standard InChI is InChI=1S/C18H20FN3O3/c19-15-5-2-1-4-13(15)12-20-18(24)21-14-7-9-22(10-8-14)17(23)16-6-3-11-25-16/h1-6,11,14H,7-10,12H2,(H2,20,21,24). The number of hydrogen-bond acceptors (Lipinski definition) is 3. The van der Waals surface area contributed by atoms with Crippen molar-refractivity contribution in [2.75, 3.05) is 13.1 Å².